The van der Waals surface area contributed by atoms with Gasteiger partial charge in [0.05, 0.1) is 22.9 Å². The number of anilines is 1. The van der Waals surface area contributed by atoms with Crippen LogP contribution in [0, 0.1) is 0 Å². The average molecular weight is 488 g/mol. The van der Waals surface area contributed by atoms with Gasteiger partial charge in [0.2, 0.25) is 0 Å². The summed E-state index contributed by atoms with van der Waals surface area (Å²) in [6.07, 6.45) is 3.62. The topological polar surface area (TPSA) is 42.7 Å². The molecule has 0 saturated carbocycles. The molecule has 0 saturated heterocycles. The minimum atomic E-state index is -0.142. The third-order valence-corrected chi connectivity index (χ3v) is 6.25. The zero-order valence-electron chi connectivity index (χ0n) is 18.2. The molecule has 2 heterocycles. The van der Waals surface area contributed by atoms with Crippen LogP contribution in [0.3, 0.4) is 0 Å². The second kappa shape index (κ2) is 9.26. The van der Waals surface area contributed by atoms with Crippen molar-refractivity contribution in [3.05, 3.63) is 118 Å². The molecular weight excluding hydrogens is 469 g/mol. The molecule has 3 aromatic carbocycles. The van der Waals surface area contributed by atoms with E-state index in [0.717, 1.165) is 28.3 Å². The van der Waals surface area contributed by atoms with Gasteiger partial charge >= 0.3 is 0 Å². The first-order valence-electron chi connectivity index (χ1n) is 10.6. The van der Waals surface area contributed by atoms with Crippen LogP contribution in [0.4, 0.5) is 5.69 Å². The van der Waals surface area contributed by atoms with Crippen LogP contribution in [0.25, 0.3) is 23.1 Å². The second-order valence-electron chi connectivity index (χ2n) is 7.66. The van der Waals surface area contributed by atoms with E-state index in [4.69, 9.17) is 32.4 Å². The Labute approximate surface area is 207 Å². The van der Waals surface area contributed by atoms with Gasteiger partial charge in [-0.1, -0.05) is 53.5 Å². The van der Waals surface area contributed by atoms with Gasteiger partial charge in [-0.2, -0.15) is 0 Å². The van der Waals surface area contributed by atoms with Gasteiger partial charge < -0.3 is 9.15 Å². The van der Waals surface area contributed by atoms with Gasteiger partial charge in [0.15, 0.2) is 0 Å². The highest BCUT2D eigenvalue weighted by atomic mass is 35.5. The number of ether oxygens (including phenoxy) is 1. The van der Waals surface area contributed by atoms with Crippen molar-refractivity contribution in [3.8, 4) is 17.1 Å². The number of methoxy groups -OCH3 is 1. The lowest BCUT2D eigenvalue weighted by atomic mass is 10.1. The maximum Gasteiger partial charge on any atom is 0.263 e. The van der Waals surface area contributed by atoms with Gasteiger partial charge in [-0.3, -0.25) is 9.69 Å². The highest BCUT2D eigenvalue weighted by molar-refractivity contribution is 6.42. The molecule has 5 rings (SSSR count). The molecular formula is C28H19Cl2NO3. The Morgan fingerprint density at radius 3 is 2.32 bits per heavy atom. The summed E-state index contributed by atoms with van der Waals surface area (Å²) in [5.41, 5.74) is 3.80. The number of furan rings is 1. The Bertz CT molecular complexity index is 1420. The van der Waals surface area contributed by atoms with Crippen LogP contribution in [-0.4, -0.2) is 13.0 Å². The number of carbonyl (C=O) groups is 1. The summed E-state index contributed by atoms with van der Waals surface area (Å²) in [5.74, 6) is 1.78. The van der Waals surface area contributed by atoms with Gasteiger partial charge in [0.25, 0.3) is 5.91 Å². The van der Waals surface area contributed by atoms with Crippen molar-refractivity contribution in [1.29, 1.82) is 0 Å². The van der Waals surface area contributed by atoms with Gasteiger partial charge in [0.1, 0.15) is 17.3 Å². The van der Waals surface area contributed by atoms with E-state index in [1.54, 1.807) is 30.2 Å². The molecule has 1 aromatic heterocycles. The molecule has 6 heteroatoms. The first kappa shape index (κ1) is 22.1. The summed E-state index contributed by atoms with van der Waals surface area (Å²) in [6, 6.07) is 26.2. The minimum Gasteiger partial charge on any atom is -0.497 e. The smallest absolute Gasteiger partial charge is 0.263 e. The molecule has 0 unspecified atom stereocenters. The van der Waals surface area contributed by atoms with Crippen LogP contribution >= 0.6 is 23.2 Å². The van der Waals surface area contributed by atoms with E-state index in [9.17, 15) is 4.79 Å². The molecule has 168 valence electrons. The zero-order valence-corrected chi connectivity index (χ0v) is 19.7. The third-order valence-electron chi connectivity index (χ3n) is 5.51. The van der Waals surface area contributed by atoms with Crippen molar-refractivity contribution in [1.82, 2.24) is 0 Å². The molecule has 4 aromatic rings. The van der Waals surface area contributed by atoms with Crippen molar-refractivity contribution in [2.75, 3.05) is 12.0 Å². The summed E-state index contributed by atoms with van der Waals surface area (Å²) in [7, 11) is 1.61. The van der Waals surface area contributed by atoms with Crippen LogP contribution in [-0.2, 0) is 4.79 Å². The quantitative estimate of drug-likeness (QED) is 0.270. The van der Waals surface area contributed by atoms with E-state index in [1.807, 2.05) is 78.9 Å². The Kier molecular flexibility index (Phi) is 6.01. The van der Waals surface area contributed by atoms with Crippen LogP contribution < -0.4 is 9.64 Å². The van der Waals surface area contributed by atoms with E-state index in [0.29, 0.717) is 27.1 Å². The highest BCUT2D eigenvalue weighted by Crippen LogP contribution is 2.36. The van der Waals surface area contributed by atoms with Crippen molar-refractivity contribution in [3.63, 3.8) is 0 Å². The molecule has 0 spiro atoms. The maximum atomic E-state index is 13.5. The lowest BCUT2D eigenvalue weighted by Gasteiger charge is -2.21. The fourth-order valence-corrected chi connectivity index (χ4v) is 4.11. The minimum absolute atomic E-state index is 0.142. The highest BCUT2D eigenvalue weighted by Gasteiger charge is 2.30. The summed E-state index contributed by atoms with van der Waals surface area (Å²) in [6.45, 7) is 0. The fourth-order valence-electron chi connectivity index (χ4n) is 3.81. The fraction of sp³-hybridized carbons (Fsp3) is 0.0357. The van der Waals surface area contributed by atoms with E-state index in [-0.39, 0.29) is 5.91 Å². The number of benzene rings is 3. The number of halogens is 2. The summed E-state index contributed by atoms with van der Waals surface area (Å²) < 4.78 is 11.3. The van der Waals surface area contributed by atoms with Crippen LogP contribution in [0.1, 0.15) is 11.3 Å². The molecule has 34 heavy (non-hydrogen) atoms. The largest absolute Gasteiger partial charge is 0.497 e. The Balaban J connectivity index is 1.52. The first-order valence-corrected chi connectivity index (χ1v) is 11.3. The normalized spacial score (nSPS) is 14.6. The number of carbonyl (C=O) groups excluding carboxylic acids is 1. The molecule has 0 aliphatic carbocycles. The Morgan fingerprint density at radius 1 is 0.853 bits per heavy atom. The first-order chi connectivity index (χ1) is 16.5. The third kappa shape index (κ3) is 4.26. The van der Waals surface area contributed by atoms with E-state index >= 15 is 0 Å². The second-order valence-corrected chi connectivity index (χ2v) is 8.48. The number of hydrogen-bond donors (Lipinski definition) is 0. The monoisotopic (exact) mass is 487 g/mol. The van der Waals surface area contributed by atoms with Crippen molar-refractivity contribution >= 4 is 46.6 Å². The van der Waals surface area contributed by atoms with Crippen LogP contribution in [0.15, 0.2) is 101 Å². The summed E-state index contributed by atoms with van der Waals surface area (Å²) in [5, 5.41) is 0.931. The Hall–Kier alpha value is -3.73. The summed E-state index contributed by atoms with van der Waals surface area (Å²) >= 11 is 12.2. The maximum absolute atomic E-state index is 13.5. The number of rotatable bonds is 5. The number of amides is 1. The SMILES string of the molecule is COc1ccc(N2C(=O)C(=Cc3ccc(-c4ccc(Cl)c(Cl)c4)o3)C=C2c2ccccc2)cc1. The van der Waals surface area contributed by atoms with Crippen molar-refractivity contribution in [2.24, 2.45) is 0 Å². The Morgan fingerprint density at radius 2 is 1.62 bits per heavy atom. The number of hydrogen-bond acceptors (Lipinski definition) is 3. The molecule has 1 aliphatic rings. The average Bonchev–Trinajstić information content (AvgIpc) is 3.46. The van der Waals surface area contributed by atoms with Crippen molar-refractivity contribution in [2.45, 2.75) is 0 Å². The van der Waals surface area contributed by atoms with Crippen LogP contribution in [0.2, 0.25) is 10.0 Å². The summed E-state index contributed by atoms with van der Waals surface area (Å²) in [4.78, 5) is 15.2. The lowest BCUT2D eigenvalue weighted by Crippen LogP contribution is -2.24. The van der Waals surface area contributed by atoms with E-state index < -0.39 is 0 Å². The molecule has 4 nitrogen and oxygen atoms in total. The van der Waals surface area contributed by atoms with Gasteiger partial charge in [0, 0.05) is 16.8 Å². The molecule has 0 radical (unpaired) electrons. The number of nitrogens with zero attached hydrogens (tertiary/aromatic N) is 1. The molecule has 0 atom stereocenters. The molecule has 1 amide bonds. The molecule has 0 fully saturated rings. The van der Waals surface area contributed by atoms with Gasteiger partial charge in [-0.15, -0.1) is 0 Å². The lowest BCUT2D eigenvalue weighted by molar-refractivity contribution is -0.113. The molecule has 1 aliphatic heterocycles. The van der Waals surface area contributed by atoms with Gasteiger partial charge in [-0.25, -0.2) is 0 Å². The van der Waals surface area contributed by atoms with E-state index in [1.165, 1.54) is 0 Å². The molecule has 0 bridgehead atoms. The van der Waals surface area contributed by atoms with Gasteiger partial charge in [-0.05, 0) is 72.3 Å². The standard InChI is InChI=1S/C28H19Cl2NO3/c1-33-22-10-8-21(9-11-22)31-26(18-5-3-2-4-6-18)17-20(28(31)32)15-23-12-14-27(34-23)19-7-13-24(29)25(30)16-19/h2-17H,1H3. The molecule has 0 N–H and O–H groups in total. The van der Waals surface area contributed by atoms with E-state index in [2.05, 4.69) is 0 Å². The zero-order chi connectivity index (χ0) is 23.7. The van der Waals surface area contributed by atoms with Crippen LogP contribution in [0.5, 0.6) is 5.75 Å². The van der Waals surface area contributed by atoms with Crippen molar-refractivity contribution < 1.29 is 13.9 Å². The predicted molar refractivity (Wildman–Crippen MR) is 137 cm³/mol. The predicted octanol–water partition coefficient (Wildman–Crippen LogP) is 7.73.